The zero-order valence-corrected chi connectivity index (χ0v) is 9.46. The van der Waals surface area contributed by atoms with E-state index in [0.717, 1.165) is 17.3 Å². The molecule has 3 nitrogen and oxygen atoms in total. The lowest BCUT2D eigenvalue weighted by Crippen LogP contribution is -2.23. The van der Waals surface area contributed by atoms with Crippen molar-refractivity contribution < 1.29 is 0 Å². The van der Waals surface area contributed by atoms with Crippen LogP contribution in [-0.2, 0) is 0 Å². The third-order valence-electron chi connectivity index (χ3n) is 2.01. The first kappa shape index (κ1) is 11.3. The standard InChI is InChI=1S/C12H17N3/c1-9-5-7-12(8-6-9)15-11(3)14-10(2)13-4/h5-8,15H,3H2,1-2,4H3,(H,13,14). The van der Waals surface area contributed by atoms with Crippen molar-refractivity contribution in [2.45, 2.75) is 13.8 Å². The first-order chi connectivity index (χ1) is 7.11. The summed E-state index contributed by atoms with van der Waals surface area (Å²) in [7, 11) is 1.74. The quantitative estimate of drug-likeness (QED) is 0.585. The minimum Gasteiger partial charge on any atom is -0.342 e. The summed E-state index contributed by atoms with van der Waals surface area (Å²) >= 11 is 0. The Morgan fingerprint density at radius 2 is 1.87 bits per heavy atom. The summed E-state index contributed by atoms with van der Waals surface area (Å²) in [5.41, 5.74) is 2.26. The topological polar surface area (TPSA) is 36.4 Å². The Labute approximate surface area is 90.9 Å². The van der Waals surface area contributed by atoms with Crippen LogP contribution in [0.25, 0.3) is 0 Å². The summed E-state index contributed by atoms with van der Waals surface area (Å²) in [4.78, 5) is 3.99. The number of nitrogens with one attached hydrogen (secondary N) is 2. The highest BCUT2D eigenvalue weighted by atomic mass is 15.1. The smallest absolute Gasteiger partial charge is 0.101 e. The molecule has 0 unspecified atom stereocenters. The highest BCUT2D eigenvalue weighted by Gasteiger charge is 1.95. The van der Waals surface area contributed by atoms with Gasteiger partial charge < -0.3 is 10.6 Å². The molecule has 0 heterocycles. The zero-order valence-electron chi connectivity index (χ0n) is 9.46. The van der Waals surface area contributed by atoms with Gasteiger partial charge in [0.25, 0.3) is 0 Å². The highest BCUT2D eigenvalue weighted by Crippen LogP contribution is 2.09. The van der Waals surface area contributed by atoms with E-state index in [1.165, 1.54) is 5.56 Å². The molecule has 3 heteroatoms. The molecule has 80 valence electrons. The molecule has 0 atom stereocenters. The molecule has 0 aliphatic rings. The second kappa shape index (κ2) is 5.20. The van der Waals surface area contributed by atoms with Crippen molar-refractivity contribution >= 4 is 11.5 Å². The van der Waals surface area contributed by atoms with E-state index in [0.29, 0.717) is 0 Å². The predicted octanol–water partition coefficient (Wildman–Crippen LogP) is 2.52. The number of aryl methyl sites for hydroxylation is 1. The van der Waals surface area contributed by atoms with Crippen molar-refractivity contribution in [2.75, 3.05) is 12.4 Å². The number of rotatable bonds is 3. The lowest BCUT2D eigenvalue weighted by molar-refractivity contribution is 1.11. The Hall–Kier alpha value is -1.77. The van der Waals surface area contributed by atoms with E-state index in [-0.39, 0.29) is 0 Å². The molecule has 0 aliphatic heterocycles. The second-order valence-corrected chi connectivity index (χ2v) is 3.40. The summed E-state index contributed by atoms with van der Waals surface area (Å²) in [6, 6.07) is 8.13. The number of nitrogens with zero attached hydrogens (tertiary/aromatic N) is 1. The highest BCUT2D eigenvalue weighted by molar-refractivity contribution is 5.81. The molecule has 0 aliphatic carbocycles. The Balaban J connectivity index is 2.55. The van der Waals surface area contributed by atoms with E-state index in [4.69, 9.17) is 0 Å². The molecule has 0 spiro atoms. The molecule has 0 amide bonds. The van der Waals surface area contributed by atoms with Crippen LogP contribution >= 0.6 is 0 Å². The molecule has 1 aromatic rings. The van der Waals surface area contributed by atoms with E-state index in [9.17, 15) is 0 Å². The lowest BCUT2D eigenvalue weighted by atomic mass is 10.2. The van der Waals surface area contributed by atoms with Gasteiger partial charge in [-0.3, -0.25) is 4.99 Å². The molecule has 1 aromatic carbocycles. The molecule has 2 N–H and O–H groups in total. The van der Waals surface area contributed by atoms with E-state index in [2.05, 4.69) is 41.3 Å². The van der Waals surface area contributed by atoms with E-state index in [1.54, 1.807) is 7.05 Å². The van der Waals surface area contributed by atoms with Gasteiger partial charge >= 0.3 is 0 Å². The van der Waals surface area contributed by atoms with E-state index in [1.807, 2.05) is 19.1 Å². The summed E-state index contributed by atoms with van der Waals surface area (Å²) in [6.07, 6.45) is 0. The lowest BCUT2D eigenvalue weighted by Gasteiger charge is -2.11. The van der Waals surface area contributed by atoms with Crippen molar-refractivity contribution in [3.05, 3.63) is 42.2 Å². The molecular formula is C12H17N3. The third kappa shape index (κ3) is 3.85. The number of benzene rings is 1. The Bertz CT molecular complexity index is 363. The SMILES string of the molecule is C=C(NC(C)=NC)Nc1ccc(C)cc1. The van der Waals surface area contributed by atoms with Gasteiger partial charge in [0.15, 0.2) is 0 Å². The minimum absolute atomic E-state index is 0.724. The van der Waals surface area contributed by atoms with Crippen molar-refractivity contribution in [3.8, 4) is 0 Å². The van der Waals surface area contributed by atoms with Crippen LogP contribution in [0.15, 0.2) is 41.7 Å². The maximum Gasteiger partial charge on any atom is 0.101 e. The number of hydrogen-bond acceptors (Lipinski definition) is 2. The van der Waals surface area contributed by atoms with Crippen molar-refractivity contribution in [1.29, 1.82) is 0 Å². The normalized spacial score (nSPS) is 11.0. The van der Waals surface area contributed by atoms with Crippen LogP contribution in [0.3, 0.4) is 0 Å². The van der Waals surface area contributed by atoms with Crippen LogP contribution in [0, 0.1) is 6.92 Å². The van der Waals surface area contributed by atoms with Gasteiger partial charge in [0, 0.05) is 12.7 Å². The maximum atomic E-state index is 3.99. The number of anilines is 1. The zero-order chi connectivity index (χ0) is 11.3. The molecule has 15 heavy (non-hydrogen) atoms. The molecule has 0 fully saturated rings. The average molecular weight is 203 g/mol. The van der Waals surface area contributed by atoms with Crippen LogP contribution in [0.2, 0.25) is 0 Å². The van der Waals surface area contributed by atoms with Gasteiger partial charge in [-0.25, -0.2) is 0 Å². The van der Waals surface area contributed by atoms with Gasteiger partial charge in [-0.15, -0.1) is 0 Å². The second-order valence-electron chi connectivity index (χ2n) is 3.40. The molecule has 1 rings (SSSR count). The molecule has 0 aromatic heterocycles. The van der Waals surface area contributed by atoms with E-state index >= 15 is 0 Å². The first-order valence-electron chi connectivity index (χ1n) is 4.85. The first-order valence-corrected chi connectivity index (χ1v) is 4.85. The number of hydrogen-bond donors (Lipinski definition) is 2. The van der Waals surface area contributed by atoms with Crippen LogP contribution in [0.5, 0.6) is 0 Å². The van der Waals surface area contributed by atoms with Crippen LogP contribution in [0.1, 0.15) is 12.5 Å². The van der Waals surface area contributed by atoms with Gasteiger partial charge in [-0.1, -0.05) is 24.3 Å². The van der Waals surface area contributed by atoms with Crippen LogP contribution in [-0.4, -0.2) is 12.9 Å². The van der Waals surface area contributed by atoms with Gasteiger partial charge in [0.1, 0.15) is 5.82 Å². The average Bonchev–Trinajstić information content (AvgIpc) is 2.21. The van der Waals surface area contributed by atoms with Gasteiger partial charge in [0.05, 0.1) is 5.84 Å². The summed E-state index contributed by atoms with van der Waals surface area (Å²) in [6.45, 7) is 7.81. The fraction of sp³-hybridized carbons (Fsp3) is 0.250. The van der Waals surface area contributed by atoms with Crippen molar-refractivity contribution in [3.63, 3.8) is 0 Å². The fourth-order valence-corrected chi connectivity index (χ4v) is 1.12. The van der Waals surface area contributed by atoms with Gasteiger partial charge in [-0.2, -0.15) is 0 Å². The summed E-state index contributed by atoms with van der Waals surface area (Å²) in [5.74, 6) is 1.56. The van der Waals surface area contributed by atoms with Crippen LogP contribution < -0.4 is 10.6 Å². The van der Waals surface area contributed by atoms with Gasteiger partial charge in [0.2, 0.25) is 0 Å². The Morgan fingerprint density at radius 3 is 2.40 bits per heavy atom. The summed E-state index contributed by atoms with van der Waals surface area (Å²) in [5, 5.41) is 6.18. The minimum atomic E-state index is 0.724. The maximum absolute atomic E-state index is 3.99. The largest absolute Gasteiger partial charge is 0.342 e. The van der Waals surface area contributed by atoms with E-state index < -0.39 is 0 Å². The Kier molecular flexibility index (Phi) is 3.92. The van der Waals surface area contributed by atoms with Crippen molar-refractivity contribution in [1.82, 2.24) is 5.32 Å². The molecule has 0 saturated carbocycles. The Morgan fingerprint density at radius 1 is 1.27 bits per heavy atom. The molecule has 0 radical (unpaired) electrons. The third-order valence-corrected chi connectivity index (χ3v) is 2.01. The van der Waals surface area contributed by atoms with Crippen molar-refractivity contribution in [2.24, 2.45) is 4.99 Å². The predicted molar refractivity (Wildman–Crippen MR) is 66.1 cm³/mol. The molecule has 0 bridgehead atoms. The molecular weight excluding hydrogens is 186 g/mol. The fourth-order valence-electron chi connectivity index (χ4n) is 1.12. The summed E-state index contributed by atoms with van der Waals surface area (Å²) < 4.78 is 0. The monoisotopic (exact) mass is 203 g/mol. The van der Waals surface area contributed by atoms with Gasteiger partial charge in [-0.05, 0) is 26.0 Å². The number of amidine groups is 1. The number of aliphatic imine (C=N–C) groups is 1. The van der Waals surface area contributed by atoms with Crippen LogP contribution in [0.4, 0.5) is 5.69 Å². The molecule has 0 saturated heterocycles.